The van der Waals surface area contributed by atoms with Gasteiger partial charge in [-0.3, -0.25) is 0 Å². The zero-order valence-electron chi connectivity index (χ0n) is 21.4. The molecule has 1 aliphatic carbocycles. The number of hydrogen-bond donors (Lipinski definition) is 3. The summed E-state index contributed by atoms with van der Waals surface area (Å²) in [5.41, 5.74) is 8.76. The molecule has 1 aromatic rings. The minimum Gasteiger partial charge on any atom is -0.542 e. The maximum atomic E-state index is 10.6. The van der Waals surface area contributed by atoms with E-state index in [1.165, 1.54) is 14.9 Å². The number of carbonyl (C=O) groups is 2. The molecule has 1 aromatic carbocycles. The van der Waals surface area contributed by atoms with E-state index in [4.69, 9.17) is 30.5 Å². The molecule has 8 nitrogen and oxygen atoms in total. The van der Waals surface area contributed by atoms with E-state index < -0.39 is 24.3 Å². The molecule has 0 aromatic heterocycles. The predicted octanol–water partition coefficient (Wildman–Crippen LogP) is 3.29. The summed E-state index contributed by atoms with van der Waals surface area (Å²) < 4.78 is 66.9. The monoisotopic (exact) mass is 582 g/mol. The molecule has 0 fully saturated rings. The number of aliphatic carboxylic acids is 2. The van der Waals surface area contributed by atoms with Gasteiger partial charge in [0, 0.05) is 30.9 Å². The number of benzene rings is 2. The van der Waals surface area contributed by atoms with Crippen LogP contribution in [0.4, 0.5) is 32.0 Å². The quantitative estimate of drug-likeness (QED) is 0.239. The number of anilines is 1. The highest BCUT2D eigenvalue weighted by Gasteiger charge is 2.38. The van der Waals surface area contributed by atoms with Gasteiger partial charge in [-0.15, -0.1) is 11.3 Å². The lowest BCUT2D eigenvalue weighted by atomic mass is 10.2. The Labute approximate surface area is 223 Å². The lowest BCUT2D eigenvalue weighted by molar-refractivity contribution is -0.344. The Morgan fingerprint density at radius 3 is 2.00 bits per heavy atom. The molecule has 0 amide bonds. The maximum Gasteiger partial charge on any atom is 0.490 e. The summed E-state index contributed by atoms with van der Waals surface area (Å²) in [6.45, 7) is 10.4. The van der Waals surface area contributed by atoms with Gasteiger partial charge in [-0.2, -0.15) is 26.3 Å². The first kappa shape index (κ1) is 33.6. The van der Waals surface area contributed by atoms with Crippen LogP contribution in [0.1, 0.15) is 27.7 Å². The van der Waals surface area contributed by atoms with Crippen molar-refractivity contribution in [3.05, 3.63) is 41.8 Å². The van der Waals surface area contributed by atoms with E-state index in [0.717, 1.165) is 23.4 Å². The molecule has 15 heteroatoms. The molecule has 0 saturated heterocycles. The summed E-state index contributed by atoms with van der Waals surface area (Å²) >= 11 is 1.79. The number of nitrogens with one attached hydrogen (secondary N) is 1. The van der Waals surface area contributed by atoms with Crippen LogP contribution in [0, 0.1) is 0 Å². The summed E-state index contributed by atoms with van der Waals surface area (Å²) in [6.07, 6.45) is -10.3. The Morgan fingerprint density at radius 2 is 1.56 bits per heavy atom. The first-order valence-corrected chi connectivity index (χ1v) is 12.2. The van der Waals surface area contributed by atoms with Crippen LogP contribution in [0.25, 0.3) is 20.8 Å². The lowest BCUT2D eigenvalue weighted by Crippen LogP contribution is -2.40. The van der Waals surface area contributed by atoms with Crippen molar-refractivity contribution in [3.63, 3.8) is 0 Å². The fourth-order valence-electron chi connectivity index (χ4n) is 3.29. The van der Waals surface area contributed by atoms with E-state index in [-0.39, 0.29) is 0 Å². The Hall–Kier alpha value is -3.46. The minimum absolute atomic E-state index is 0.461. The van der Waals surface area contributed by atoms with Crippen molar-refractivity contribution >= 4 is 39.2 Å². The molecule has 2 aliphatic rings. The Balaban J connectivity index is 0.000000449. The van der Waals surface area contributed by atoms with Gasteiger partial charge in [-0.25, -0.2) is 14.4 Å². The van der Waals surface area contributed by atoms with Gasteiger partial charge in [-0.05, 0) is 52.0 Å². The number of aromatic nitrogens is 1. The number of rotatable bonds is 5. The van der Waals surface area contributed by atoms with Crippen molar-refractivity contribution in [2.24, 2.45) is 5.73 Å². The second-order valence-electron chi connectivity index (χ2n) is 8.45. The van der Waals surface area contributed by atoms with Crippen LogP contribution in [0.2, 0.25) is 0 Å². The van der Waals surface area contributed by atoms with Gasteiger partial charge in [0.05, 0.1) is 20.8 Å². The van der Waals surface area contributed by atoms with Gasteiger partial charge >= 0.3 is 18.3 Å². The number of carboxylic acids is 2. The van der Waals surface area contributed by atoms with Gasteiger partial charge in [0.15, 0.2) is 0 Å². The van der Waals surface area contributed by atoms with Gasteiger partial charge in [0.2, 0.25) is 5.36 Å². The second-order valence-corrected chi connectivity index (χ2v) is 9.53. The molecule has 0 unspecified atom stereocenters. The van der Waals surface area contributed by atoms with Gasteiger partial charge in [0.25, 0.3) is 0 Å². The smallest absolute Gasteiger partial charge is 0.490 e. The van der Waals surface area contributed by atoms with E-state index in [1.54, 1.807) is 11.3 Å². The first-order valence-electron chi connectivity index (χ1n) is 11.4. The lowest BCUT2D eigenvalue weighted by Gasteiger charge is -2.12. The molecule has 0 bridgehead atoms. The van der Waals surface area contributed by atoms with Crippen LogP contribution in [0.5, 0.6) is 0 Å². The van der Waals surface area contributed by atoms with Crippen LogP contribution >= 0.6 is 11.3 Å². The standard InChI is InChI=1S/C20H26N4S.2C2HF3O2/c1-13(2)24(14(3)4)16-6-8-18-20(12-16)25-19-11-15(22-10-9-21)5-7-17(19)23-18;2*3-2(4,5)1(6)7/h5-8,11-14H,9-10,21H2,1-4H3;2*(H,6,7). The van der Waals surface area contributed by atoms with Gasteiger partial charge in [-0.1, -0.05) is 0 Å². The summed E-state index contributed by atoms with van der Waals surface area (Å²) in [5.74, 6) is -5.76. The Bertz CT molecular complexity index is 1270. The second kappa shape index (κ2) is 14.1. The minimum atomic E-state index is -5.19. The fourth-order valence-corrected chi connectivity index (χ4v) is 4.33. The van der Waals surface area contributed by atoms with Gasteiger partial charge in [0.1, 0.15) is 18.1 Å². The molecule has 216 valence electrons. The Morgan fingerprint density at radius 1 is 1.03 bits per heavy atom. The zero-order chi connectivity index (χ0) is 30.1. The van der Waals surface area contributed by atoms with Crippen LogP contribution in [-0.4, -0.2) is 59.6 Å². The summed E-state index contributed by atoms with van der Waals surface area (Å²) in [7, 11) is 0. The van der Waals surface area contributed by atoms with E-state index in [2.05, 4.69) is 74.0 Å². The molecule has 1 aliphatic heterocycles. The largest absolute Gasteiger partial charge is 0.542 e. The molecule has 0 spiro atoms. The van der Waals surface area contributed by atoms with Crippen molar-refractivity contribution in [2.75, 3.05) is 18.4 Å². The predicted molar refractivity (Wildman–Crippen MR) is 134 cm³/mol. The van der Waals surface area contributed by atoms with Crippen molar-refractivity contribution in [1.82, 2.24) is 9.56 Å². The molecule has 39 heavy (non-hydrogen) atoms. The number of fused-ring (bicyclic) bond motifs is 2. The number of nitrogens with zero attached hydrogens (tertiary/aromatic N) is 2. The van der Waals surface area contributed by atoms with E-state index >= 15 is 0 Å². The first-order chi connectivity index (χ1) is 17.9. The zero-order valence-corrected chi connectivity index (χ0v) is 22.2. The Kier molecular flexibility index (Phi) is 12.1. The van der Waals surface area contributed by atoms with Crippen LogP contribution < -0.4 is 26.1 Å². The number of hydrogen-bond acceptors (Lipinski definition) is 7. The highest BCUT2D eigenvalue weighted by molar-refractivity contribution is 7.21. The molecule has 4 N–H and O–H groups in total. The van der Waals surface area contributed by atoms with Crippen molar-refractivity contribution in [3.8, 4) is 10.6 Å². The number of alkyl halides is 6. The maximum absolute atomic E-state index is 10.6. The number of halogens is 6. The molecular formula is C24H28F6N4O4S. The molecular weight excluding hydrogens is 554 g/mol. The molecule has 1 heterocycles. The van der Waals surface area contributed by atoms with E-state index in [1.807, 2.05) is 0 Å². The third-order valence-corrected chi connectivity index (χ3v) is 5.82. The molecule has 0 radical (unpaired) electrons. The molecule has 3 rings (SSSR count). The van der Waals surface area contributed by atoms with E-state index in [9.17, 15) is 26.3 Å². The van der Waals surface area contributed by atoms with Crippen molar-refractivity contribution < 1.29 is 46.1 Å². The summed E-state index contributed by atoms with van der Waals surface area (Å²) in [5, 5.41) is 20.5. The van der Waals surface area contributed by atoms with Crippen LogP contribution in [-0.2, 0) is 9.59 Å². The number of carboxylic acid groups (broad SMARTS) is 2. The van der Waals surface area contributed by atoms with Crippen molar-refractivity contribution in [2.45, 2.75) is 52.1 Å². The number of carbonyl (C=O) groups excluding carboxylic acids is 1. The third kappa shape index (κ3) is 10.7. The third-order valence-electron chi connectivity index (χ3n) is 4.72. The summed E-state index contributed by atoms with van der Waals surface area (Å²) in [4.78, 5) is 23.7. The average Bonchev–Trinajstić information content (AvgIpc) is 2.80. The SMILES string of the molecule is CC(C)[N+](=c1ccc2nc3ccc(NCCN)cc3sc-2c1)C(C)C.O=C(O)C(F)(F)F.O=C([O-])C(F)(F)F. The topological polar surface area (TPSA) is 131 Å². The van der Waals surface area contributed by atoms with Crippen LogP contribution in [0.15, 0.2) is 36.4 Å². The average molecular weight is 583 g/mol. The molecule has 0 saturated carbocycles. The van der Waals surface area contributed by atoms with Crippen LogP contribution in [0.3, 0.4) is 0 Å². The van der Waals surface area contributed by atoms with Gasteiger partial charge < -0.3 is 26.1 Å². The van der Waals surface area contributed by atoms with Crippen molar-refractivity contribution in [1.29, 1.82) is 0 Å². The normalized spacial score (nSPS) is 11.5. The fraction of sp³-hybridized carbons (Fsp3) is 0.417. The summed E-state index contributed by atoms with van der Waals surface area (Å²) in [6, 6.07) is 13.8. The molecule has 0 atom stereocenters. The number of nitrogens with two attached hydrogens (primary N) is 1. The highest BCUT2D eigenvalue weighted by Crippen LogP contribution is 2.31. The highest BCUT2D eigenvalue weighted by atomic mass is 32.1. The van der Waals surface area contributed by atoms with E-state index in [0.29, 0.717) is 18.6 Å².